The van der Waals surface area contributed by atoms with Crippen LogP contribution in [0.5, 0.6) is 0 Å². The molecule has 5 nitrogen and oxygen atoms in total. The van der Waals surface area contributed by atoms with Crippen LogP contribution in [-0.4, -0.2) is 30.3 Å². The number of amides is 1. The lowest BCUT2D eigenvalue weighted by Crippen LogP contribution is -2.48. The molecule has 1 rings (SSSR count). The van der Waals surface area contributed by atoms with Gasteiger partial charge < -0.3 is 15.2 Å². The van der Waals surface area contributed by atoms with Crippen LogP contribution in [-0.2, 0) is 9.53 Å². The number of carboxylic acids is 1. The molecule has 1 aliphatic rings. The van der Waals surface area contributed by atoms with Gasteiger partial charge in [0.15, 0.2) is 0 Å². The second-order valence-corrected chi connectivity index (χ2v) is 3.14. The molecular weight excluding hydrogens is 174 g/mol. The summed E-state index contributed by atoms with van der Waals surface area (Å²) < 4.78 is 4.34. The first-order valence-corrected chi connectivity index (χ1v) is 4.22. The van der Waals surface area contributed by atoms with Crippen LogP contribution in [0.25, 0.3) is 0 Å². The summed E-state index contributed by atoms with van der Waals surface area (Å²) in [6.07, 6.45) is 2.08. The van der Waals surface area contributed by atoms with Crippen molar-refractivity contribution in [3.05, 3.63) is 0 Å². The van der Waals surface area contributed by atoms with Crippen molar-refractivity contribution in [1.82, 2.24) is 5.32 Å². The number of hydrogen-bond donors (Lipinski definition) is 2. The molecule has 0 aromatic carbocycles. The molecule has 0 radical (unpaired) electrons. The predicted molar refractivity (Wildman–Crippen MR) is 44.3 cm³/mol. The van der Waals surface area contributed by atoms with Crippen molar-refractivity contribution < 1.29 is 19.4 Å². The molecule has 1 saturated carbocycles. The largest absolute Gasteiger partial charge is 0.480 e. The molecule has 0 aromatic rings. The van der Waals surface area contributed by atoms with Gasteiger partial charge in [0.05, 0.1) is 7.11 Å². The monoisotopic (exact) mass is 187 g/mol. The molecule has 5 heteroatoms. The second-order valence-electron chi connectivity index (χ2n) is 3.14. The van der Waals surface area contributed by atoms with E-state index in [1.807, 2.05) is 0 Å². The Labute approximate surface area is 76.1 Å². The molecule has 74 valence electrons. The first-order chi connectivity index (χ1) is 6.15. The maximum absolute atomic E-state index is 10.8. The molecule has 1 amide bonds. The third kappa shape index (κ3) is 2.34. The summed E-state index contributed by atoms with van der Waals surface area (Å²) in [6.45, 7) is 0. The molecule has 0 aliphatic heterocycles. The van der Waals surface area contributed by atoms with E-state index in [1.165, 1.54) is 7.11 Å². The summed E-state index contributed by atoms with van der Waals surface area (Å²) in [7, 11) is 1.22. The van der Waals surface area contributed by atoms with Gasteiger partial charge in [-0.15, -0.1) is 0 Å². The summed E-state index contributed by atoms with van der Waals surface area (Å²) >= 11 is 0. The third-order valence-corrected chi connectivity index (χ3v) is 2.35. The number of carboxylic acid groups (broad SMARTS) is 1. The molecular formula is C8H13NO4. The number of carbonyl (C=O) groups is 2. The lowest BCUT2D eigenvalue weighted by atomic mass is 9.80. The predicted octanol–water partition coefficient (Wildman–Crippen LogP) is 0.596. The Balaban J connectivity index is 2.46. The van der Waals surface area contributed by atoms with Gasteiger partial charge in [-0.25, -0.2) is 9.59 Å². The van der Waals surface area contributed by atoms with Gasteiger partial charge in [0.2, 0.25) is 0 Å². The zero-order valence-electron chi connectivity index (χ0n) is 7.45. The van der Waals surface area contributed by atoms with Crippen molar-refractivity contribution in [1.29, 1.82) is 0 Å². The quantitative estimate of drug-likeness (QED) is 0.678. The van der Waals surface area contributed by atoms with Crippen LogP contribution < -0.4 is 5.32 Å². The van der Waals surface area contributed by atoms with Crippen LogP contribution in [0.3, 0.4) is 0 Å². The van der Waals surface area contributed by atoms with Crippen LogP contribution in [0.15, 0.2) is 0 Å². The summed E-state index contributed by atoms with van der Waals surface area (Å²) in [5.74, 6) is -0.924. The fourth-order valence-electron chi connectivity index (χ4n) is 1.34. The lowest BCUT2D eigenvalue weighted by molar-refractivity contribution is -0.141. The topological polar surface area (TPSA) is 75.6 Å². The van der Waals surface area contributed by atoms with Gasteiger partial charge in [-0.3, -0.25) is 0 Å². The molecule has 1 fully saturated rings. The maximum Gasteiger partial charge on any atom is 0.407 e. The average Bonchev–Trinajstić information content (AvgIpc) is 1.99. The zero-order valence-corrected chi connectivity index (χ0v) is 7.45. The van der Waals surface area contributed by atoms with Gasteiger partial charge >= 0.3 is 12.1 Å². The van der Waals surface area contributed by atoms with E-state index >= 15 is 0 Å². The number of methoxy groups -OCH3 is 1. The van der Waals surface area contributed by atoms with Crippen molar-refractivity contribution in [3.8, 4) is 0 Å². The molecule has 0 bridgehead atoms. The number of hydrogen-bond acceptors (Lipinski definition) is 3. The van der Waals surface area contributed by atoms with Crippen molar-refractivity contribution in [3.63, 3.8) is 0 Å². The number of ether oxygens (including phenoxy) is 1. The fourth-order valence-corrected chi connectivity index (χ4v) is 1.34. The van der Waals surface area contributed by atoms with E-state index in [9.17, 15) is 9.59 Å². The highest BCUT2D eigenvalue weighted by molar-refractivity contribution is 5.80. The lowest BCUT2D eigenvalue weighted by Gasteiger charge is -2.30. The molecule has 0 aromatic heterocycles. The van der Waals surface area contributed by atoms with E-state index in [0.29, 0.717) is 0 Å². The SMILES string of the molecule is COC(=O)NC(C(=O)O)C1CCC1. The van der Waals surface area contributed by atoms with E-state index in [-0.39, 0.29) is 5.92 Å². The molecule has 1 aliphatic carbocycles. The van der Waals surface area contributed by atoms with Crippen molar-refractivity contribution in [2.75, 3.05) is 7.11 Å². The Morgan fingerprint density at radius 2 is 2.15 bits per heavy atom. The minimum Gasteiger partial charge on any atom is -0.480 e. The van der Waals surface area contributed by atoms with Gasteiger partial charge in [0, 0.05) is 0 Å². The summed E-state index contributed by atoms with van der Waals surface area (Å²) in [4.78, 5) is 21.5. The third-order valence-electron chi connectivity index (χ3n) is 2.35. The standard InChI is InChI=1S/C8H13NO4/c1-13-8(12)9-6(7(10)11)5-3-2-4-5/h5-6H,2-4H2,1H3,(H,9,12)(H,10,11). The van der Waals surface area contributed by atoms with E-state index < -0.39 is 18.1 Å². The normalized spacial score (nSPS) is 18.5. The first-order valence-electron chi connectivity index (χ1n) is 4.22. The van der Waals surface area contributed by atoms with Gasteiger partial charge in [-0.2, -0.15) is 0 Å². The fraction of sp³-hybridized carbons (Fsp3) is 0.750. The molecule has 0 spiro atoms. The molecule has 2 N–H and O–H groups in total. The summed E-state index contributed by atoms with van der Waals surface area (Å²) in [6, 6.07) is -0.791. The second kappa shape index (κ2) is 4.11. The minimum absolute atomic E-state index is 0.0663. The van der Waals surface area contributed by atoms with Crippen LogP contribution in [0, 0.1) is 5.92 Å². The van der Waals surface area contributed by atoms with Crippen LogP contribution in [0.1, 0.15) is 19.3 Å². The van der Waals surface area contributed by atoms with Gasteiger partial charge in [-0.1, -0.05) is 6.42 Å². The maximum atomic E-state index is 10.8. The number of rotatable bonds is 3. The smallest absolute Gasteiger partial charge is 0.407 e. The van der Waals surface area contributed by atoms with Crippen LogP contribution in [0.4, 0.5) is 4.79 Å². The Kier molecular flexibility index (Phi) is 3.11. The highest BCUT2D eigenvalue weighted by atomic mass is 16.5. The van der Waals surface area contributed by atoms with Crippen LogP contribution in [0.2, 0.25) is 0 Å². The number of alkyl carbamates (subject to hydrolysis) is 1. The Morgan fingerprint density at radius 1 is 1.54 bits per heavy atom. The van der Waals surface area contributed by atoms with Crippen molar-refractivity contribution in [2.24, 2.45) is 5.92 Å². The zero-order chi connectivity index (χ0) is 9.84. The molecule has 1 atom stereocenters. The number of aliphatic carboxylic acids is 1. The van der Waals surface area contributed by atoms with Gasteiger partial charge in [0.1, 0.15) is 6.04 Å². The molecule has 0 saturated heterocycles. The molecule has 0 heterocycles. The van der Waals surface area contributed by atoms with Crippen LogP contribution >= 0.6 is 0 Å². The summed E-state index contributed by atoms with van der Waals surface area (Å²) in [5, 5.41) is 11.1. The van der Waals surface area contributed by atoms with Gasteiger partial charge in [0.25, 0.3) is 0 Å². The Morgan fingerprint density at radius 3 is 2.46 bits per heavy atom. The van der Waals surface area contributed by atoms with E-state index in [4.69, 9.17) is 5.11 Å². The summed E-state index contributed by atoms with van der Waals surface area (Å²) in [5.41, 5.74) is 0. The average molecular weight is 187 g/mol. The Hall–Kier alpha value is -1.26. The van der Waals surface area contributed by atoms with E-state index in [1.54, 1.807) is 0 Å². The number of carbonyl (C=O) groups excluding carboxylic acids is 1. The van der Waals surface area contributed by atoms with E-state index in [0.717, 1.165) is 19.3 Å². The minimum atomic E-state index is -0.991. The highest BCUT2D eigenvalue weighted by Crippen LogP contribution is 2.29. The highest BCUT2D eigenvalue weighted by Gasteiger charge is 2.33. The number of nitrogens with one attached hydrogen (secondary N) is 1. The van der Waals surface area contributed by atoms with Gasteiger partial charge in [-0.05, 0) is 18.8 Å². The molecule has 1 unspecified atom stereocenters. The van der Waals surface area contributed by atoms with Crippen molar-refractivity contribution in [2.45, 2.75) is 25.3 Å². The van der Waals surface area contributed by atoms with Crippen molar-refractivity contribution >= 4 is 12.1 Å². The Bertz CT molecular complexity index is 212. The van der Waals surface area contributed by atoms with E-state index in [2.05, 4.69) is 10.1 Å². The first kappa shape index (κ1) is 9.83. The molecule has 13 heavy (non-hydrogen) atoms.